The quantitative estimate of drug-likeness (QED) is 0.487. The Morgan fingerprint density at radius 1 is 0.857 bits per heavy atom. The molecule has 2 amide bonds. The normalized spacial score (nSPS) is 10.4. The summed E-state index contributed by atoms with van der Waals surface area (Å²) in [6.07, 6.45) is 3.02. The van der Waals surface area contributed by atoms with E-state index in [1.165, 1.54) is 18.5 Å². The highest BCUT2D eigenvalue weighted by Gasteiger charge is 2.21. The Morgan fingerprint density at radius 3 is 2.11 bits per heavy atom. The van der Waals surface area contributed by atoms with Crippen molar-refractivity contribution in [3.05, 3.63) is 81.1 Å². The zero-order valence-electron chi connectivity index (χ0n) is 14.0. The third-order valence-electron chi connectivity index (χ3n) is 3.69. The van der Waals surface area contributed by atoms with Crippen LogP contribution in [0.4, 0.5) is 11.4 Å². The molecular weight excluding hydrogens is 425 g/mol. The van der Waals surface area contributed by atoms with Gasteiger partial charge in [0.2, 0.25) is 0 Å². The van der Waals surface area contributed by atoms with Crippen molar-refractivity contribution in [1.29, 1.82) is 0 Å². The van der Waals surface area contributed by atoms with Crippen LogP contribution in [-0.2, 0) is 0 Å². The number of hydrogen-bond donors (Lipinski definition) is 3. The van der Waals surface area contributed by atoms with E-state index in [0.717, 1.165) is 0 Å². The highest BCUT2D eigenvalue weighted by atomic mass is 35.5. The Balaban J connectivity index is 1.80. The van der Waals surface area contributed by atoms with Gasteiger partial charge in [-0.25, -0.2) is 0 Å². The van der Waals surface area contributed by atoms with Crippen LogP contribution in [-0.4, -0.2) is 21.9 Å². The number of nitrogens with zero attached hydrogens (tertiary/aromatic N) is 1. The fourth-order valence-electron chi connectivity index (χ4n) is 2.37. The predicted molar refractivity (Wildman–Crippen MR) is 110 cm³/mol. The largest absolute Gasteiger partial charge is 0.505 e. The van der Waals surface area contributed by atoms with E-state index < -0.39 is 11.7 Å². The summed E-state index contributed by atoms with van der Waals surface area (Å²) in [7, 11) is 0. The number of hydrogen-bond acceptors (Lipinski definition) is 4. The number of carbonyl (C=O) groups excluding carboxylic acids is 2. The van der Waals surface area contributed by atoms with Gasteiger partial charge in [0.1, 0.15) is 11.3 Å². The fraction of sp³-hybridized carbons (Fsp3) is 0. The second-order valence-electron chi connectivity index (χ2n) is 5.60. The van der Waals surface area contributed by atoms with Gasteiger partial charge in [-0.2, -0.15) is 0 Å². The van der Waals surface area contributed by atoms with Crippen molar-refractivity contribution in [2.24, 2.45) is 0 Å². The van der Waals surface area contributed by atoms with Crippen LogP contribution < -0.4 is 10.6 Å². The summed E-state index contributed by atoms with van der Waals surface area (Å²) >= 11 is 17.8. The van der Waals surface area contributed by atoms with Crippen molar-refractivity contribution in [2.45, 2.75) is 0 Å². The minimum absolute atomic E-state index is 0.0352. The lowest BCUT2D eigenvalue weighted by atomic mass is 10.1. The highest BCUT2D eigenvalue weighted by molar-refractivity contribution is 6.46. The monoisotopic (exact) mass is 435 g/mol. The van der Waals surface area contributed by atoms with Crippen molar-refractivity contribution in [1.82, 2.24) is 4.98 Å². The molecule has 0 unspecified atom stereocenters. The zero-order chi connectivity index (χ0) is 20.3. The molecule has 0 spiro atoms. The Bertz CT molecular complexity index is 1030. The highest BCUT2D eigenvalue weighted by Crippen LogP contribution is 2.38. The molecule has 0 saturated carbocycles. The Hall–Kier alpha value is -2.80. The minimum atomic E-state index is -0.704. The molecule has 3 N–H and O–H groups in total. The number of amides is 2. The molecule has 2 aromatic carbocycles. The van der Waals surface area contributed by atoms with Crippen LogP contribution in [0.3, 0.4) is 0 Å². The van der Waals surface area contributed by atoms with Gasteiger partial charge in [0.15, 0.2) is 0 Å². The number of phenolic OH excluding ortho intramolecular Hbond substituents is 1. The molecule has 142 valence electrons. The molecule has 6 nitrogen and oxygen atoms in total. The maximum atomic E-state index is 12.5. The van der Waals surface area contributed by atoms with Crippen LogP contribution in [0, 0.1) is 0 Å². The molecule has 0 bridgehead atoms. The van der Waals surface area contributed by atoms with Crippen molar-refractivity contribution >= 4 is 58.0 Å². The first kappa shape index (κ1) is 19.9. The van der Waals surface area contributed by atoms with Gasteiger partial charge in [0, 0.05) is 29.3 Å². The van der Waals surface area contributed by atoms with E-state index in [9.17, 15) is 14.7 Å². The molecule has 0 atom stereocenters. The summed E-state index contributed by atoms with van der Waals surface area (Å²) in [4.78, 5) is 28.6. The number of carbonyl (C=O) groups is 2. The first-order chi connectivity index (χ1) is 13.4. The van der Waals surface area contributed by atoms with Crippen molar-refractivity contribution in [2.75, 3.05) is 10.6 Å². The number of aromatic nitrogens is 1. The summed E-state index contributed by atoms with van der Waals surface area (Å²) in [5.74, 6) is -1.51. The van der Waals surface area contributed by atoms with Crippen molar-refractivity contribution in [3.8, 4) is 5.75 Å². The third kappa shape index (κ3) is 4.36. The molecule has 9 heteroatoms. The van der Waals surface area contributed by atoms with Gasteiger partial charge in [0.05, 0.1) is 15.1 Å². The number of aromatic hydroxyl groups is 1. The zero-order valence-corrected chi connectivity index (χ0v) is 16.3. The molecule has 0 aliphatic rings. The van der Waals surface area contributed by atoms with Crippen LogP contribution in [0.2, 0.25) is 15.1 Å². The molecule has 1 aromatic heterocycles. The van der Waals surface area contributed by atoms with Crippen molar-refractivity contribution < 1.29 is 14.7 Å². The average molecular weight is 437 g/mol. The van der Waals surface area contributed by atoms with E-state index in [4.69, 9.17) is 34.8 Å². The molecule has 0 aliphatic carbocycles. The molecule has 0 saturated heterocycles. The van der Waals surface area contributed by atoms with Crippen LogP contribution in [0.15, 0.2) is 54.9 Å². The lowest BCUT2D eigenvalue weighted by Crippen LogP contribution is -2.14. The smallest absolute Gasteiger partial charge is 0.261 e. The van der Waals surface area contributed by atoms with Crippen LogP contribution in [0.5, 0.6) is 5.75 Å². The van der Waals surface area contributed by atoms with Gasteiger partial charge < -0.3 is 15.7 Å². The SMILES string of the molecule is O=C(Nc1cccc(NC(=O)c2c(O)c(Cl)cc(Cl)c2Cl)c1)c1ccncc1. The van der Waals surface area contributed by atoms with Crippen LogP contribution >= 0.6 is 34.8 Å². The number of phenols is 1. The van der Waals surface area contributed by atoms with Gasteiger partial charge in [-0.15, -0.1) is 0 Å². The number of benzene rings is 2. The Labute approximate surface area is 175 Å². The molecule has 3 aromatic rings. The van der Waals surface area contributed by atoms with Crippen LogP contribution in [0.25, 0.3) is 0 Å². The number of nitrogens with one attached hydrogen (secondary N) is 2. The van der Waals surface area contributed by atoms with Gasteiger partial charge in [-0.3, -0.25) is 14.6 Å². The molecule has 3 rings (SSSR count). The maximum absolute atomic E-state index is 12.5. The van der Waals surface area contributed by atoms with Crippen molar-refractivity contribution in [3.63, 3.8) is 0 Å². The van der Waals surface area contributed by atoms with Gasteiger partial charge >= 0.3 is 0 Å². The summed E-state index contributed by atoms with van der Waals surface area (Å²) in [6, 6.07) is 10.9. The van der Waals surface area contributed by atoms with E-state index >= 15 is 0 Å². The number of halogens is 3. The third-order valence-corrected chi connectivity index (χ3v) is 4.77. The summed E-state index contributed by atoms with van der Waals surface area (Å²) in [5.41, 5.74) is 1.02. The van der Waals surface area contributed by atoms with E-state index in [2.05, 4.69) is 15.6 Å². The first-order valence-corrected chi connectivity index (χ1v) is 8.99. The number of anilines is 2. The Morgan fingerprint density at radius 2 is 1.46 bits per heavy atom. The average Bonchev–Trinajstić information content (AvgIpc) is 2.67. The topological polar surface area (TPSA) is 91.3 Å². The second-order valence-corrected chi connectivity index (χ2v) is 6.80. The molecule has 0 radical (unpaired) electrons. The van der Waals surface area contributed by atoms with Crippen LogP contribution in [0.1, 0.15) is 20.7 Å². The number of rotatable bonds is 4. The number of pyridine rings is 1. The van der Waals surface area contributed by atoms with E-state index in [-0.39, 0.29) is 26.5 Å². The molecule has 28 heavy (non-hydrogen) atoms. The predicted octanol–water partition coefficient (Wildman–Crippen LogP) is 5.25. The van der Waals surface area contributed by atoms with Gasteiger partial charge in [-0.05, 0) is 36.4 Å². The van der Waals surface area contributed by atoms with Gasteiger partial charge in [-0.1, -0.05) is 40.9 Å². The van der Waals surface area contributed by atoms with E-state index in [1.54, 1.807) is 36.4 Å². The van der Waals surface area contributed by atoms with Gasteiger partial charge in [0.25, 0.3) is 11.8 Å². The first-order valence-electron chi connectivity index (χ1n) is 7.86. The Kier molecular flexibility index (Phi) is 6.04. The lowest BCUT2D eigenvalue weighted by molar-refractivity contribution is 0.101. The molecule has 0 aliphatic heterocycles. The standard InChI is InChI=1S/C19H12Cl3N3O3/c20-13-9-14(21)17(26)15(16(13)22)19(28)25-12-3-1-2-11(8-12)24-18(27)10-4-6-23-7-5-10/h1-9,26H,(H,24,27)(H,25,28). The lowest BCUT2D eigenvalue weighted by Gasteiger charge is -2.12. The maximum Gasteiger partial charge on any atom is 0.261 e. The minimum Gasteiger partial charge on any atom is -0.505 e. The van der Waals surface area contributed by atoms with E-state index in [1.807, 2.05) is 0 Å². The fourth-order valence-corrected chi connectivity index (χ4v) is 3.06. The second kappa shape index (κ2) is 8.48. The molecule has 1 heterocycles. The summed E-state index contributed by atoms with van der Waals surface area (Å²) < 4.78 is 0. The summed E-state index contributed by atoms with van der Waals surface area (Å²) in [5, 5.41) is 15.2. The molecule has 0 fully saturated rings. The van der Waals surface area contributed by atoms with E-state index in [0.29, 0.717) is 16.9 Å². The molecular formula is C19H12Cl3N3O3. The summed E-state index contributed by atoms with van der Waals surface area (Å²) in [6.45, 7) is 0.